The summed E-state index contributed by atoms with van der Waals surface area (Å²) in [6, 6.07) is 0. The van der Waals surface area contributed by atoms with Crippen LogP contribution < -0.4 is 10.8 Å². The number of hydrogen-bond acceptors (Lipinski definition) is 5. The van der Waals surface area contributed by atoms with Gasteiger partial charge in [-0.15, -0.1) is 17.8 Å². The first kappa shape index (κ1) is 15.1. The Balaban J connectivity index is 2.14. The number of thiazole rings is 1. The van der Waals surface area contributed by atoms with Gasteiger partial charge in [-0.25, -0.2) is 10.5 Å². The molecule has 1 heterocycles. The van der Waals surface area contributed by atoms with Crippen molar-refractivity contribution in [1.82, 2.24) is 15.8 Å². The molecular formula is C12H15N3O3S. The largest absolute Gasteiger partial charge is 0.351 e. The highest BCUT2D eigenvalue weighted by atomic mass is 32.1. The normalized spacial score (nSPS) is 9.68. The van der Waals surface area contributed by atoms with Gasteiger partial charge in [-0.2, -0.15) is 0 Å². The molecule has 102 valence electrons. The van der Waals surface area contributed by atoms with Crippen LogP contribution in [0.1, 0.15) is 41.2 Å². The Labute approximate surface area is 115 Å². The molecule has 0 fully saturated rings. The van der Waals surface area contributed by atoms with Crippen LogP contribution in [0.5, 0.6) is 0 Å². The average molecular weight is 281 g/mol. The van der Waals surface area contributed by atoms with E-state index in [1.165, 1.54) is 11.3 Å². The van der Waals surface area contributed by atoms with Gasteiger partial charge in [0.15, 0.2) is 5.01 Å². The minimum atomic E-state index is -0.395. The quantitative estimate of drug-likeness (QED) is 0.300. The van der Waals surface area contributed by atoms with Crippen molar-refractivity contribution in [2.75, 3.05) is 6.54 Å². The van der Waals surface area contributed by atoms with Crippen molar-refractivity contribution in [3.8, 4) is 12.3 Å². The van der Waals surface area contributed by atoms with Gasteiger partial charge in [0.1, 0.15) is 5.69 Å². The van der Waals surface area contributed by atoms with Crippen molar-refractivity contribution in [2.45, 2.75) is 25.7 Å². The molecule has 0 aromatic carbocycles. The molecule has 0 saturated heterocycles. The summed E-state index contributed by atoms with van der Waals surface area (Å²) in [7, 11) is 0. The third kappa shape index (κ3) is 5.50. The number of terminal acetylenes is 1. The second kappa shape index (κ2) is 8.24. The third-order valence-electron chi connectivity index (χ3n) is 2.35. The molecule has 1 rings (SSSR count). The van der Waals surface area contributed by atoms with E-state index in [0.717, 1.165) is 12.8 Å². The lowest BCUT2D eigenvalue weighted by molar-refractivity contribution is -0.129. The third-order valence-corrected chi connectivity index (χ3v) is 3.12. The highest BCUT2D eigenvalue weighted by molar-refractivity contribution is 7.10. The van der Waals surface area contributed by atoms with Gasteiger partial charge in [0.05, 0.1) is 0 Å². The van der Waals surface area contributed by atoms with Gasteiger partial charge in [-0.05, 0) is 18.8 Å². The molecule has 1 aromatic rings. The van der Waals surface area contributed by atoms with Crippen LogP contribution in [0.25, 0.3) is 0 Å². The SMILES string of the molecule is C#Cc1nc(C(=O)NCCCCCC(=O)NO)cs1. The molecular weight excluding hydrogens is 266 g/mol. The predicted molar refractivity (Wildman–Crippen MR) is 70.8 cm³/mol. The van der Waals surface area contributed by atoms with Gasteiger partial charge in [0.2, 0.25) is 5.91 Å². The fourth-order valence-electron chi connectivity index (χ4n) is 1.38. The number of rotatable bonds is 7. The van der Waals surface area contributed by atoms with E-state index in [1.807, 2.05) is 0 Å². The highest BCUT2D eigenvalue weighted by Gasteiger charge is 2.08. The molecule has 7 heteroatoms. The van der Waals surface area contributed by atoms with E-state index in [-0.39, 0.29) is 12.3 Å². The number of hydroxylamine groups is 1. The monoisotopic (exact) mass is 281 g/mol. The second-order valence-electron chi connectivity index (χ2n) is 3.78. The van der Waals surface area contributed by atoms with E-state index in [1.54, 1.807) is 10.9 Å². The summed E-state index contributed by atoms with van der Waals surface area (Å²) in [5, 5.41) is 13.1. The molecule has 0 atom stereocenters. The van der Waals surface area contributed by atoms with Crippen LogP contribution in [0.4, 0.5) is 0 Å². The molecule has 0 aliphatic carbocycles. The van der Waals surface area contributed by atoms with Crippen LogP contribution in [-0.4, -0.2) is 28.6 Å². The first-order valence-electron chi connectivity index (χ1n) is 5.80. The molecule has 0 aliphatic rings. The molecule has 2 amide bonds. The summed E-state index contributed by atoms with van der Waals surface area (Å²) in [4.78, 5) is 26.3. The van der Waals surface area contributed by atoms with E-state index in [4.69, 9.17) is 11.6 Å². The molecule has 0 radical (unpaired) electrons. The zero-order valence-electron chi connectivity index (χ0n) is 10.3. The summed E-state index contributed by atoms with van der Waals surface area (Å²) in [6.45, 7) is 0.516. The maximum absolute atomic E-state index is 11.6. The Morgan fingerprint density at radius 1 is 1.42 bits per heavy atom. The van der Waals surface area contributed by atoms with Crippen molar-refractivity contribution in [2.24, 2.45) is 0 Å². The fourth-order valence-corrected chi connectivity index (χ4v) is 1.98. The van der Waals surface area contributed by atoms with Crippen LogP contribution in [0.2, 0.25) is 0 Å². The minimum absolute atomic E-state index is 0.245. The highest BCUT2D eigenvalue weighted by Crippen LogP contribution is 2.08. The Kier molecular flexibility index (Phi) is 6.57. The number of carbonyl (C=O) groups is 2. The summed E-state index contributed by atoms with van der Waals surface area (Å²) in [5.41, 5.74) is 1.90. The van der Waals surface area contributed by atoms with Crippen LogP contribution in [0, 0.1) is 12.3 Å². The topological polar surface area (TPSA) is 91.3 Å². The predicted octanol–water partition coefficient (Wildman–Crippen LogP) is 0.920. The summed E-state index contributed by atoms with van der Waals surface area (Å²) in [5.74, 6) is 1.73. The molecule has 3 N–H and O–H groups in total. The number of amides is 2. The van der Waals surface area contributed by atoms with Crippen molar-refractivity contribution in [1.29, 1.82) is 0 Å². The zero-order chi connectivity index (χ0) is 14.1. The number of hydrogen-bond donors (Lipinski definition) is 3. The summed E-state index contributed by atoms with van der Waals surface area (Å²) < 4.78 is 0. The van der Waals surface area contributed by atoms with Crippen molar-refractivity contribution in [3.63, 3.8) is 0 Å². The number of nitrogens with zero attached hydrogens (tertiary/aromatic N) is 1. The van der Waals surface area contributed by atoms with Crippen molar-refractivity contribution < 1.29 is 14.8 Å². The minimum Gasteiger partial charge on any atom is -0.351 e. The first-order chi connectivity index (χ1) is 9.17. The van der Waals surface area contributed by atoms with Crippen molar-refractivity contribution >= 4 is 23.2 Å². The summed E-state index contributed by atoms with van der Waals surface area (Å²) >= 11 is 1.25. The lowest BCUT2D eigenvalue weighted by atomic mass is 10.2. The second-order valence-corrected chi connectivity index (χ2v) is 4.64. The van der Waals surface area contributed by atoms with Crippen LogP contribution in [0.3, 0.4) is 0 Å². The fraction of sp³-hybridized carbons (Fsp3) is 0.417. The lowest BCUT2D eigenvalue weighted by Crippen LogP contribution is -2.24. The van der Waals surface area contributed by atoms with Gasteiger partial charge < -0.3 is 5.32 Å². The molecule has 0 bridgehead atoms. The van der Waals surface area contributed by atoms with Crippen LogP contribution >= 0.6 is 11.3 Å². The molecule has 6 nitrogen and oxygen atoms in total. The number of nitrogens with one attached hydrogen (secondary N) is 2. The van der Waals surface area contributed by atoms with E-state index >= 15 is 0 Å². The maximum Gasteiger partial charge on any atom is 0.270 e. The lowest BCUT2D eigenvalue weighted by Gasteiger charge is -2.03. The molecule has 0 saturated carbocycles. The molecule has 19 heavy (non-hydrogen) atoms. The van der Waals surface area contributed by atoms with E-state index in [9.17, 15) is 9.59 Å². The molecule has 1 aromatic heterocycles. The Morgan fingerprint density at radius 3 is 2.84 bits per heavy atom. The number of aromatic nitrogens is 1. The van der Waals surface area contributed by atoms with E-state index in [2.05, 4.69) is 16.2 Å². The maximum atomic E-state index is 11.6. The van der Waals surface area contributed by atoms with Gasteiger partial charge in [-0.3, -0.25) is 14.8 Å². The molecule has 0 spiro atoms. The van der Waals surface area contributed by atoms with Gasteiger partial charge in [-0.1, -0.05) is 6.42 Å². The van der Waals surface area contributed by atoms with Gasteiger partial charge in [0.25, 0.3) is 5.91 Å². The first-order valence-corrected chi connectivity index (χ1v) is 6.68. The standard InChI is InChI=1S/C12H15N3O3S/c1-2-11-14-9(8-19-11)12(17)13-7-5-3-4-6-10(16)15-18/h1,8,18H,3-7H2,(H,13,17)(H,15,16). The van der Waals surface area contributed by atoms with Gasteiger partial charge in [0, 0.05) is 18.3 Å². The Bertz CT molecular complexity index is 479. The molecule has 0 unspecified atom stereocenters. The number of unbranched alkanes of at least 4 members (excludes halogenated alkanes) is 2. The average Bonchev–Trinajstić information content (AvgIpc) is 2.91. The Hall–Kier alpha value is -1.91. The van der Waals surface area contributed by atoms with Crippen LogP contribution in [-0.2, 0) is 4.79 Å². The van der Waals surface area contributed by atoms with Gasteiger partial charge >= 0.3 is 0 Å². The van der Waals surface area contributed by atoms with E-state index < -0.39 is 5.91 Å². The Morgan fingerprint density at radius 2 is 2.21 bits per heavy atom. The van der Waals surface area contributed by atoms with Crippen molar-refractivity contribution in [3.05, 3.63) is 16.1 Å². The van der Waals surface area contributed by atoms with Crippen LogP contribution in [0.15, 0.2) is 5.38 Å². The number of carbonyl (C=O) groups excluding carboxylic acids is 2. The zero-order valence-corrected chi connectivity index (χ0v) is 11.1. The van der Waals surface area contributed by atoms with E-state index in [0.29, 0.717) is 23.7 Å². The molecule has 0 aliphatic heterocycles. The summed E-state index contributed by atoms with van der Waals surface area (Å²) in [6.07, 6.45) is 7.67. The smallest absolute Gasteiger partial charge is 0.270 e.